The summed E-state index contributed by atoms with van der Waals surface area (Å²) in [4.78, 5) is 48.1. The van der Waals surface area contributed by atoms with E-state index >= 15 is 0 Å². The Bertz CT molecular complexity index is 1020. The molecule has 0 spiro atoms. The van der Waals surface area contributed by atoms with Crippen LogP contribution in [0.4, 0.5) is 14.6 Å². The van der Waals surface area contributed by atoms with E-state index in [0.29, 0.717) is 10.8 Å². The number of nitrogen functional groups attached to an aromatic ring is 1. The minimum Gasteiger partial charge on any atom is -0.381 e. The number of aromatic nitrogens is 2. The van der Waals surface area contributed by atoms with Crippen molar-refractivity contribution in [2.75, 3.05) is 19.0 Å². The summed E-state index contributed by atoms with van der Waals surface area (Å²) in [6, 6.07) is 0. The number of hydrogen-bond donors (Lipinski definition) is 6. The van der Waals surface area contributed by atoms with E-state index in [1.165, 1.54) is 0 Å². The van der Waals surface area contributed by atoms with Crippen LogP contribution in [0.1, 0.15) is 13.2 Å². The Labute approximate surface area is 181 Å². The molecule has 5 atom stereocenters. The number of rotatable bonds is 12. The Morgan fingerprint density at radius 1 is 1.25 bits per heavy atom. The fraction of sp³-hybridized carbons (Fsp3) is 0.600. The van der Waals surface area contributed by atoms with Gasteiger partial charge in [0, 0.05) is 0 Å². The second kappa shape index (κ2) is 10.6. The molecule has 0 aliphatic heterocycles. The average molecular weight is 554 g/mol. The van der Waals surface area contributed by atoms with E-state index in [1.807, 2.05) is 0 Å². The van der Waals surface area contributed by atoms with Gasteiger partial charge in [-0.25, -0.2) is 27.3 Å². The van der Waals surface area contributed by atoms with E-state index < -0.39 is 71.5 Å². The van der Waals surface area contributed by atoms with E-state index in [0.717, 1.165) is 6.92 Å². The van der Waals surface area contributed by atoms with Gasteiger partial charge in [-0.1, -0.05) is 0 Å². The zero-order valence-electron chi connectivity index (χ0n) is 15.6. The summed E-state index contributed by atoms with van der Waals surface area (Å²) in [7, 11) is -17.1. The first kappa shape index (κ1) is 29.2. The highest BCUT2D eigenvalue weighted by Gasteiger charge is 2.42. The SMILES string of the molecule is C[C@](Cl)(CF)[C@@H](O[C@@H](O)COP(=O)(O)OP(=O)(O)OP(=O)(O)O)n1cc(F)c(N)nc1=O. The number of alkyl halides is 2. The molecule has 0 aliphatic rings. The molecule has 32 heavy (non-hydrogen) atoms. The van der Waals surface area contributed by atoms with Gasteiger partial charge in [0.1, 0.15) is 18.2 Å². The number of hydrogen-bond acceptors (Lipinski definition) is 11. The lowest BCUT2D eigenvalue weighted by Crippen LogP contribution is -2.43. The van der Waals surface area contributed by atoms with Gasteiger partial charge < -0.3 is 35.2 Å². The number of anilines is 1. The fourth-order valence-corrected chi connectivity index (χ4v) is 5.01. The molecule has 0 aromatic carbocycles. The summed E-state index contributed by atoms with van der Waals surface area (Å²) in [6.45, 7) is -1.84. The quantitative estimate of drug-likeness (QED) is 0.114. The molecular weight excluding hydrogens is 536 g/mol. The Morgan fingerprint density at radius 2 is 1.81 bits per heavy atom. The first-order chi connectivity index (χ1) is 14.3. The number of aliphatic hydroxyl groups is 1. The lowest BCUT2D eigenvalue weighted by molar-refractivity contribution is -0.188. The normalized spacial score (nSPS) is 20.0. The van der Waals surface area contributed by atoms with E-state index in [2.05, 4.69) is 18.1 Å². The highest BCUT2D eigenvalue weighted by molar-refractivity contribution is 7.66. The first-order valence-corrected chi connectivity index (χ1v) is 12.6. The Kier molecular flexibility index (Phi) is 9.68. The molecule has 0 bridgehead atoms. The van der Waals surface area contributed by atoms with Crippen LogP contribution in [0.5, 0.6) is 0 Å². The van der Waals surface area contributed by atoms with E-state index in [4.69, 9.17) is 36.8 Å². The summed E-state index contributed by atoms with van der Waals surface area (Å²) >= 11 is 5.89. The third-order valence-electron chi connectivity index (χ3n) is 3.05. The van der Waals surface area contributed by atoms with Crippen molar-refractivity contribution in [3.05, 3.63) is 22.5 Å². The Morgan fingerprint density at radius 3 is 2.31 bits per heavy atom. The van der Waals surface area contributed by atoms with Gasteiger partial charge in [-0.05, 0) is 6.92 Å². The Hall–Kier alpha value is -0.840. The van der Waals surface area contributed by atoms with E-state index in [1.54, 1.807) is 0 Å². The topological polar surface area (TPSA) is 250 Å². The molecule has 2 unspecified atom stereocenters. The second-order valence-electron chi connectivity index (χ2n) is 5.91. The van der Waals surface area contributed by atoms with Crippen LogP contribution in [0.15, 0.2) is 11.0 Å². The van der Waals surface area contributed by atoms with Gasteiger partial charge in [0.25, 0.3) is 0 Å². The summed E-state index contributed by atoms with van der Waals surface area (Å²) in [5, 5.41) is 9.85. The van der Waals surface area contributed by atoms with Gasteiger partial charge in [0.2, 0.25) is 0 Å². The van der Waals surface area contributed by atoms with E-state index in [9.17, 15) is 37.3 Å². The van der Waals surface area contributed by atoms with Crippen molar-refractivity contribution < 1.29 is 65.0 Å². The second-order valence-corrected chi connectivity index (χ2v) is 11.2. The zero-order valence-corrected chi connectivity index (χ0v) is 19.0. The van der Waals surface area contributed by atoms with Crippen LogP contribution in [0.25, 0.3) is 0 Å². The van der Waals surface area contributed by atoms with Crippen LogP contribution < -0.4 is 11.4 Å². The number of aliphatic hydroxyl groups excluding tert-OH is 1. The maximum atomic E-state index is 13.7. The average Bonchev–Trinajstić information content (AvgIpc) is 2.58. The number of nitrogens with two attached hydrogens (primary N) is 1. The molecule has 0 saturated heterocycles. The van der Waals surface area contributed by atoms with Gasteiger partial charge >= 0.3 is 29.2 Å². The number of nitrogens with zero attached hydrogens (tertiary/aromatic N) is 2. The van der Waals surface area contributed by atoms with Crippen molar-refractivity contribution in [2.24, 2.45) is 0 Å². The fourth-order valence-electron chi connectivity index (χ4n) is 1.84. The molecule has 0 amide bonds. The molecule has 1 heterocycles. The Balaban J connectivity index is 2.99. The predicted molar refractivity (Wildman–Crippen MR) is 99.0 cm³/mol. The third-order valence-corrected chi connectivity index (χ3v) is 7.14. The standard InChI is InChI=1S/C10H17ClF2N3O13P3/c1-10(11,4-12)8(16-2-5(13)7(14)15-9(16)18)27-6(17)3-26-31(22,23)29-32(24,25)28-30(19,20)21/h2,6,8,17H,3-4H2,1H3,(H,22,23)(H,24,25)(H2,14,15,18)(H2,19,20,21)/t6-,8-,10+/m1/s1. The maximum absolute atomic E-state index is 13.7. The van der Waals surface area contributed by atoms with E-state index in [-0.39, 0.29) is 0 Å². The van der Waals surface area contributed by atoms with Crippen LogP contribution in [-0.4, -0.2) is 58.7 Å². The molecular formula is C10H17ClF2N3O13P3. The van der Waals surface area contributed by atoms with Crippen molar-refractivity contribution in [2.45, 2.75) is 24.3 Å². The molecule has 22 heteroatoms. The molecule has 1 rings (SSSR count). The van der Waals surface area contributed by atoms with Crippen LogP contribution in [0.2, 0.25) is 0 Å². The molecule has 0 aliphatic carbocycles. The number of phosphoric ester groups is 1. The smallest absolute Gasteiger partial charge is 0.381 e. The molecule has 1 aromatic rings. The van der Waals surface area contributed by atoms with Crippen molar-refractivity contribution in [3.8, 4) is 0 Å². The summed E-state index contributed by atoms with van der Waals surface area (Å²) in [5.41, 5.74) is 3.84. The lowest BCUT2D eigenvalue weighted by atomic mass is 10.1. The molecule has 1 aromatic heterocycles. The molecule has 186 valence electrons. The largest absolute Gasteiger partial charge is 0.490 e. The summed E-state index contributed by atoms with van der Waals surface area (Å²) in [6.07, 6.45) is -3.92. The molecule has 0 fully saturated rings. The molecule has 16 nitrogen and oxygen atoms in total. The number of ether oxygens (including phenoxy) is 1. The monoisotopic (exact) mass is 553 g/mol. The molecule has 0 radical (unpaired) electrons. The van der Waals surface area contributed by atoms with Crippen molar-refractivity contribution in [3.63, 3.8) is 0 Å². The lowest BCUT2D eigenvalue weighted by Gasteiger charge is -2.32. The maximum Gasteiger partial charge on any atom is 0.490 e. The number of phosphoric acid groups is 3. The van der Waals surface area contributed by atoms with Gasteiger partial charge in [-0.3, -0.25) is 9.09 Å². The highest BCUT2D eigenvalue weighted by atomic mass is 35.5. The van der Waals surface area contributed by atoms with Crippen LogP contribution in [0.3, 0.4) is 0 Å². The summed E-state index contributed by atoms with van der Waals surface area (Å²) < 4.78 is 76.6. The third kappa shape index (κ3) is 9.19. The van der Waals surface area contributed by atoms with Crippen LogP contribution in [-0.2, 0) is 31.6 Å². The molecule has 7 N–H and O–H groups in total. The summed E-state index contributed by atoms with van der Waals surface area (Å²) in [5.74, 6) is -2.05. The first-order valence-electron chi connectivity index (χ1n) is 7.69. The van der Waals surface area contributed by atoms with Crippen molar-refractivity contribution in [1.29, 1.82) is 0 Å². The van der Waals surface area contributed by atoms with Crippen molar-refractivity contribution >= 4 is 40.9 Å². The molecule has 0 saturated carbocycles. The van der Waals surface area contributed by atoms with Gasteiger partial charge in [-0.15, -0.1) is 11.6 Å². The van der Waals surface area contributed by atoms with Crippen molar-refractivity contribution in [1.82, 2.24) is 9.55 Å². The number of halogens is 3. The van der Waals surface area contributed by atoms with Gasteiger partial charge in [0.15, 0.2) is 24.2 Å². The predicted octanol–water partition coefficient (Wildman–Crippen LogP) is 0.109. The highest BCUT2D eigenvalue weighted by Crippen LogP contribution is 2.66. The minimum atomic E-state index is -5.82. The zero-order chi connectivity index (χ0) is 25.1. The minimum absolute atomic E-state index is 0.312. The van der Waals surface area contributed by atoms with Crippen LogP contribution in [0, 0.1) is 5.82 Å². The van der Waals surface area contributed by atoms with Crippen LogP contribution >= 0.6 is 35.1 Å². The van der Waals surface area contributed by atoms with Gasteiger partial charge in [-0.2, -0.15) is 13.6 Å². The van der Waals surface area contributed by atoms with Gasteiger partial charge in [0.05, 0.1) is 6.20 Å².